The number of hydrogen-bond donors (Lipinski definition) is 1. The number of rotatable bonds is 5. The van der Waals surface area contributed by atoms with Crippen LogP contribution in [0.5, 0.6) is 0 Å². The van der Waals surface area contributed by atoms with Crippen LogP contribution in [-0.4, -0.2) is 37.9 Å². The molecule has 0 bridgehead atoms. The van der Waals surface area contributed by atoms with Gasteiger partial charge in [-0.1, -0.05) is 26.0 Å². The summed E-state index contributed by atoms with van der Waals surface area (Å²) in [7, 11) is -3.31. The van der Waals surface area contributed by atoms with E-state index >= 15 is 0 Å². The van der Waals surface area contributed by atoms with Crippen LogP contribution in [0.3, 0.4) is 0 Å². The molecule has 0 aromatic heterocycles. The molecule has 0 unspecified atom stereocenters. The molecule has 1 amide bonds. The fraction of sp³-hybridized carbons (Fsp3) is 0.529. The van der Waals surface area contributed by atoms with Crippen LogP contribution in [0.4, 0.5) is 18.9 Å². The molecule has 150 valence electrons. The fourth-order valence-corrected chi connectivity index (χ4v) is 4.46. The van der Waals surface area contributed by atoms with E-state index in [1.165, 1.54) is 12.1 Å². The summed E-state index contributed by atoms with van der Waals surface area (Å²) in [6.45, 7) is 3.14. The van der Waals surface area contributed by atoms with Crippen molar-refractivity contribution in [2.24, 2.45) is 11.8 Å². The van der Waals surface area contributed by atoms with Gasteiger partial charge in [0.1, 0.15) is 0 Å². The van der Waals surface area contributed by atoms with E-state index in [-0.39, 0.29) is 17.9 Å². The van der Waals surface area contributed by atoms with Gasteiger partial charge in [0.2, 0.25) is 0 Å². The van der Waals surface area contributed by atoms with E-state index in [2.05, 4.69) is 5.32 Å². The molecule has 1 aromatic rings. The lowest BCUT2D eigenvalue weighted by Gasteiger charge is -2.23. The minimum Gasteiger partial charge on any atom is -0.452 e. The zero-order valence-electron chi connectivity index (χ0n) is 14.7. The number of amides is 1. The maximum Gasteiger partial charge on any atom is 0.418 e. The first kappa shape index (κ1) is 21.2. The molecule has 0 spiro atoms. The maximum absolute atomic E-state index is 13.1. The van der Waals surface area contributed by atoms with Crippen molar-refractivity contribution in [3.8, 4) is 0 Å². The Bertz CT molecular complexity index is 820. The Morgan fingerprint density at radius 2 is 1.85 bits per heavy atom. The van der Waals surface area contributed by atoms with Gasteiger partial charge in [0.05, 0.1) is 28.7 Å². The Kier molecular flexibility index (Phi) is 6.18. The summed E-state index contributed by atoms with van der Waals surface area (Å²) in [5, 5.41) is 2.16. The number of para-hydroxylation sites is 1. The first-order valence-corrected chi connectivity index (χ1v) is 10.1. The van der Waals surface area contributed by atoms with Crippen LogP contribution in [0.1, 0.15) is 25.8 Å². The summed E-state index contributed by atoms with van der Waals surface area (Å²) in [5.41, 5.74) is -1.46. The maximum atomic E-state index is 13.1. The molecular weight excluding hydrogens is 387 g/mol. The third-order valence-corrected chi connectivity index (χ3v) is 5.93. The van der Waals surface area contributed by atoms with Gasteiger partial charge < -0.3 is 10.1 Å². The Hall–Kier alpha value is -2.10. The van der Waals surface area contributed by atoms with E-state index in [9.17, 15) is 31.2 Å². The van der Waals surface area contributed by atoms with Gasteiger partial charge >= 0.3 is 12.1 Å². The lowest BCUT2D eigenvalue weighted by atomic mass is 10.0. The van der Waals surface area contributed by atoms with Gasteiger partial charge in [0.15, 0.2) is 15.9 Å². The highest BCUT2D eigenvalue weighted by molar-refractivity contribution is 7.91. The van der Waals surface area contributed by atoms with Crippen molar-refractivity contribution in [1.29, 1.82) is 0 Å². The number of alkyl halides is 3. The summed E-state index contributed by atoms with van der Waals surface area (Å²) >= 11 is 0. The average molecular weight is 407 g/mol. The van der Waals surface area contributed by atoms with Crippen molar-refractivity contribution in [1.82, 2.24) is 0 Å². The normalized spacial score (nSPS) is 20.3. The summed E-state index contributed by atoms with van der Waals surface area (Å²) in [6.07, 6.45) is -5.90. The molecule has 6 nitrogen and oxygen atoms in total. The van der Waals surface area contributed by atoms with Crippen LogP contribution in [0.25, 0.3) is 0 Å². The number of carbonyl (C=O) groups excluding carboxylic acids is 2. The van der Waals surface area contributed by atoms with Crippen molar-refractivity contribution in [3.05, 3.63) is 29.8 Å². The predicted molar refractivity (Wildman–Crippen MR) is 91.6 cm³/mol. The molecular formula is C17H20F3NO5S. The van der Waals surface area contributed by atoms with Gasteiger partial charge in [-0.05, 0) is 24.5 Å². The molecule has 1 aliphatic rings. The van der Waals surface area contributed by atoms with E-state index < -0.39 is 57.1 Å². The van der Waals surface area contributed by atoms with Crippen LogP contribution in [0.2, 0.25) is 0 Å². The van der Waals surface area contributed by atoms with Gasteiger partial charge in [-0.25, -0.2) is 8.42 Å². The first-order chi connectivity index (χ1) is 12.4. The van der Waals surface area contributed by atoms with Gasteiger partial charge in [-0.2, -0.15) is 13.2 Å². The topological polar surface area (TPSA) is 89.5 Å². The number of ether oxygens (including phenoxy) is 1. The SMILES string of the molecule is CC(C)[C@H](OC(=O)[C@H]1CCS(=O)(=O)C1)C(=O)Nc1ccccc1C(F)(F)F. The third-order valence-electron chi connectivity index (χ3n) is 4.16. The second-order valence-corrected chi connectivity index (χ2v) is 8.96. The number of nitrogens with one attached hydrogen (secondary N) is 1. The monoisotopic (exact) mass is 407 g/mol. The number of sulfone groups is 1. The molecule has 0 saturated carbocycles. The van der Waals surface area contributed by atoms with Crippen LogP contribution in [-0.2, 0) is 30.3 Å². The molecule has 0 aliphatic carbocycles. The second kappa shape index (κ2) is 7.87. The Morgan fingerprint density at radius 3 is 2.37 bits per heavy atom. The van der Waals surface area contributed by atoms with Crippen molar-refractivity contribution >= 4 is 27.4 Å². The standard InChI is InChI=1S/C17H20F3NO5S/c1-10(2)14(26-16(23)11-7-8-27(24,25)9-11)15(22)21-13-6-4-3-5-12(13)17(18,19)20/h3-6,10-11,14H,7-9H2,1-2H3,(H,21,22)/t11-,14-/m0/s1. The molecule has 1 fully saturated rings. The highest BCUT2D eigenvalue weighted by Gasteiger charge is 2.38. The lowest BCUT2D eigenvalue weighted by molar-refractivity contribution is -0.160. The van der Waals surface area contributed by atoms with Crippen LogP contribution in [0.15, 0.2) is 24.3 Å². The van der Waals surface area contributed by atoms with E-state index in [0.29, 0.717) is 0 Å². The predicted octanol–water partition coefficient (Wildman–Crippen LogP) is 2.65. The summed E-state index contributed by atoms with van der Waals surface area (Å²) in [6, 6.07) is 4.46. The largest absolute Gasteiger partial charge is 0.452 e. The van der Waals surface area contributed by atoms with Gasteiger partial charge in [-0.15, -0.1) is 0 Å². The van der Waals surface area contributed by atoms with E-state index in [4.69, 9.17) is 4.74 Å². The molecule has 0 radical (unpaired) electrons. The Labute approximate surface area is 155 Å². The fourth-order valence-electron chi connectivity index (χ4n) is 2.74. The Balaban J connectivity index is 2.14. The molecule has 10 heteroatoms. The number of anilines is 1. The van der Waals surface area contributed by atoms with E-state index in [0.717, 1.165) is 12.1 Å². The molecule has 2 atom stereocenters. The minimum absolute atomic E-state index is 0.102. The zero-order chi connectivity index (χ0) is 20.4. The van der Waals surface area contributed by atoms with Crippen LogP contribution < -0.4 is 5.32 Å². The average Bonchev–Trinajstić information content (AvgIpc) is 2.91. The molecule has 27 heavy (non-hydrogen) atoms. The highest BCUT2D eigenvalue weighted by Crippen LogP contribution is 2.34. The van der Waals surface area contributed by atoms with E-state index in [1.807, 2.05) is 0 Å². The Morgan fingerprint density at radius 1 is 1.22 bits per heavy atom. The quantitative estimate of drug-likeness (QED) is 0.758. The van der Waals surface area contributed by atoms with Gasteiger partial charge in [0.25, 0.3) is 5.91 Å². The summed E-state index contributed by atoms with van der Waals surface area (Å²) in [4.78, 5) is 24.6. The smallest absolute Gasteiger partial charge is 0.418 e. The summed E-state index contributed by atoms with van der Waals surface area (Å²) in [5.74, 6) is -3.62. The number of benzene rings is 1. The van der Waals surface area contributed by atoms with Gasteiger partial charge in [-0.3, -0.25) is 9.59 Å². The molecule has 1 aliphatic heterocycles. The van der Waals surface area contributed by atoms with Crippen molar-refractivity contribution in [3.63, 3.8) is 0 Å². The summed E-state index contributed by atoms with van der Waals surface area (Å²) < 4.78 is 67.3. The van der Waals surface area contributed by atoms with Gasteiger partial charge in [0, 0.05) is 0 Å². The van der Waals surface area contributed by atoms with Crippen LogP contribution >= 0.6 is 0 Å². The van der Waals surface area contributed by atoms with E-state index in [1.54, 1.807) is 13.8 Å². The van der Waals surface area contributed by atoms with Crippen LogP contribution in [0, 0.1) is 11.8 Å². The zero-order valence-corrected chi connectivity index (χ0v) is 15.6. The lowest BCUT2D eigenvalue weighted by Crippen LogP contribution is -2.38. The second-order valence-electron chi connectivity index (χ2n) is 6.73. The number of carbonyl (C=O) groups is 2. The molecule has 1 N–H and O–H groups in total. The molecule has 2 rings (SSSR count). The molecule has 1 aromatic carbocycles. The highest BCUT2D eigenvalue weighted by atomic mass is 32.2. The number of halogens is 3. The first-order valence-electron chi connectivity index (χ1n) is 8.28. The minimum atomic E-state index is -4.66. The third kappa shape index (κ3) is 5.44. The molecule has 1 saturated heterocycles. The van der Waals surface area contributed by atoms with Crippen molar-refractivity contribution < 1.29 is 35.9 Å². The van der Waals surface area contributed by atoms with Crippen molar-refractivity contribution in [2.45, 2.75) is 32.5 Å². The number of hydrogen-bond acceptors (Lipinski definition) is 5. The molecule has 1 heterocycles. The van der Waals surface area contributed by atoms with Crippen molar-refractivity contribution in [2.75, 3.05) is 16.8 Å². The number of esters is 1.